The monoisotopic (exact) mass is 392 g/mol. The molecule has 0 fully saturated rings. The number of nitrogens with zero attached hydrogens (tertiary/aromatic N) is 5. The van der Waals surface area contributed by atoms with E-state index >= 15 is 0 Å². The zero-order valence-corrected chi connectivity index (χ0v) is 17.8. The summed E-state index contributed by atoms with van der Waals surface area (Å²) in [4.78, 5) is 33.1. The molecule has 28 heavy (non-hydrogen) atoms. The summed E-state index contributed by atoms with van der Waals surface area (Å²) in [5.74, 6) is 0.646. The molecule has 2 aromatic heterocycles. The van der Waals surface area contributed by atoms with Gasteiger partial charge in [-0.15, -0.1) is 4.73 Å². The van der Waals surface area contributed by atoms with Crippen molar-refractivity contribution in [3.05, 3.63) is 5.82 Å². The number of carbonyl (C=O) groups excluding carboxylic acids is 1. The fourth-order valence-electron chi connectivity index (χ4n) is 2.67. The van der Waals surface area contributed by atoms with Gasteiger partial charge < -0.3 is 20.2 Å². The maximum absolute atomic E-state index is 12.9. The highest BCUT2D eigenvalue weighted by molar-refractivity contribution is 5.83. The van der Waals surface area contributed by atoms with Crippen molar-refractivity contribution in [2.45, 2.75) is 72.8 Å². The number of nitrogen functional groups attached to an aromatic ring is 1. The minimum atomic E-state index is -0.464. The van der Waals surface area contributed by atoms with Gasteiger partial charge >= 0.3 is 12.1 Å². The minimum Gasteiger partial charge on any atom is -0.463 e. The Morgan fingerprint density at radius 2 is 1.82 bits per heavy atom. The van der Waals surface area contributed by atoms with Gasteiger partial charge in [0.25, 0.3) is 0 Å². The number of hydrogen-bond donors (Lipinski definition) is 1. The number of nitrogens with two attached hydrogens (primary N) is 1. The average Bonchev–Trinajstić information content (AvgIpc) is 2.91. The zero-order chi connectivity index (χ0) is 20.9. The predicted molar refractivity (Wildman–Crippen MR) is 108 cm³/mol. The Kier molecular flexibility index (Phi) is 7.04. The van der Waals surface area contributed by atoms with Crippen LogP contribution in [0.1, 0.15) is 66.1 Å². The van der Waals surface area contributed by atoms with Gasteiger partial charge in [0, 0.05) is 12.1 Å². The van der Waals surface area contributed by atoms with Crippen LogP contribution in [0.4, 0.5) is 10.6 Å². The molecule has 9 heteroatoms. The van der Waals surface area contributed by atoms with Gasteiger partial charge in [-0.3, -0.25) is 0 Å². The second kappa shape index (κ2) is 9.07. The number of unbranched alkanes of at least 4 members (excludes halogenated alkanes) is 2. The molecule has 0 unspecified atom stereocenters. The lowest BCUT2D eigenvalue weighted by atomic mass is 10.1. The highest BCUT2D eigenvalue weighted by Crippen LogP contribution is 2.22. The number of carbonyl (C=O) groups is 1. The van der Waals surface area contributed by atoms with Gasteiger partial charge in [-0.1, -0.05) is 26.7 Å². The Hall–Kier alpha value is -2.58. The van der Waals surface area contributed by atoms with Crippen molar-refractivity contribution >= 4 is 23.1 Å². The highest BCUT2D eigenvalue weighted by Gasteiger charge is 2.29. The SMILES string of the molecule is CCCCOc1nc(N)c2nc(C)n(OC(=O)N(CCCC)C(C)(C)C)c2n1. The van der Waals surface area contributed by atoms with Crippen LogP contribution in [0.3, 0.4) is 0 Å². The third kappa shape index (κ3) is 5.02. The molecule has 0 aliphatic carbocycles. The molecule has 2 rings (SSSR count). The van der Waals surface area contributed by atoms with E-state index in [1.54, 1.807) is 11.8 Å². The van der Waals surface area contributed by atoms with Crippen molar-refractivity contribution < 1.29 is 14.4 Å². The summed E-state index contributed by atoms with van der Waals surface area (Å²) < 4.78 is 6.86. The predicted octanol–water partition coefficient (Wildman–Crippen LogP) is 3.35. The second-order valence-corrected chi connectivity index (χ2v) is 7.75. The van der Waals surface area contributed by atoms with Crippen LogP contribution in [0.2, 0.25) is 0 Å². The van der Waals surface area contributed by atoms with Gasteiger partial charge in [-0.05, 0) is 40.5 Å². The first-order valence-electron chi connectivity index (χ1n) is 9.84. The smallest absolute Gasteiger partial charge is 0.435 e. The summed E-state index contributed by atoms with van der Waals surface area (Å²) >= 11 is 0. The van der Waals surface area contributed by atoms with Gasteiger partial charge in [0.2, 0.25) is 5.65 Å². The molecule has 0 aliphatic heterocycles. The number of aromatic nitrogens is 4. The summed E-state index contributed by atoms with van der Waals surface area (Å²) in [6, 6.07) is 0.148. The molecule has 0 saturated carbocycles. The van der Waals surface area contributed by atoms with Crippen LogP contribution < -0.4 is 15.3 Å². The molecule has 0 radical (unpaired) electrons. The van der Waals surface area contributed by atoms with Crippen LogP contribution in [0, 0.1) is 6.92 Å². The van der Waals surface area contributed by atoms with E-state index in [-0.39, 0.29) is 17.4 Å². The Bertz CT molecular complexity index is 812. The lowest BCUT2D eigenvalue weighted by molar-refractivity contribution is 0.0608. The molecule has 2 N–H and O–H groups in total. The Labute approximate surface area is 166 Å². The van der Waals surface area contributed by atoms with E-state index in [4.69, 9.17) is 15.3 Å². The van der Waals surface area contributed by atoms with Crippen molar-refractivity contribution in [1.29, 1.82) is 0 Å². The van der Waals surface area contributed by atoms with Crippen molar-refractivity contribution in [2.24, 2.45) is 0 Å². The topological polar surface area (TPSA) is 108 Å². The third-order valence-corrected chi connectivity index (χ3v) is 4.30. The van der Waals surface area contributed by atoms with E-state index in [9.17, 15) is 4.79 Å². The molecule has 1 amide bonds. The first-order valence-corrected chi connectivity index (χ1v) is 9.84. The fraction of sp³-hybridized carbons (Fsp3) is 0.684. The van der Waals surface area contributed by atoms with Gasteiger partial charge in [0.1, 0.15) is 5.82 Å². The summed E-state index contributed by atoms with van der Waals surface area (Å²) in [7, 11) is 0. The molecule has 0 spiro atoms. The zero-order valence-electron chi connectivity index (χ0n) is 17.8. The van der Waals surface area contributed by atoms with Crippen molar-refractivity contribution in [3.8, 4) is 6.01 Å². The molecule has 0 aromatic carbocycles. The van der Waals surface area contributed by atoms with E-state index in [0.717, 1.165) is 25.7 Å². The van der Waals surface area contributed by atoms with Crippen molar-refractivity contribution in [2.75, 3.05) is 18.9 Å². The quantitative estimate of drug-likeness (QED) is 0.686. The molecule has 2 heterocycles. The van der Waals surface area contributed by atoms with E-state index < -0.39 is 6.09 Å². The normalized spacial score (nSPS) is 11.6. The largest absolute Gasteiger partial charge is 0.463 e. The standard InChI is InChI=1S/C19H32N6O3/c1-7-9-11-24(19(4,5)6)18(26)28-25-13(3)21-14-15(20)22-17(23-16(14)25)27-12-10-8-2/h7-12H2,1-6H3,(H2,20,22,23). The number of amides is 1. The van der Waals surface area contributed by atoms with E-state index in [1.807, 2.05) is 20.8 Å². The molecular formula is C19H32N6O3. The molecular weight excluding hydrogens is 360 g/mol. The van der Waals surface area contributed by atoms with Crippen LogP contribution in [-0.4, -0.2) is 49.4 Å². The molecule has 0 bridgehead atoms. The number of rotatable bonds is 8. The van der Waals surface area contributed by atoms with Crippen LogP contribution in [0.15, 0.2) is 0 Å². The summed E-state index contributed by atoms with van der Waals surface area (Å²) in [5.41, 5.74) is 6.33. The maximum Gasteiger partial charge on any atom is 0.435 e. The number of imidazole rings is 1. The van der Waals surface area contributed by atoms with Crippen LogP contribution in [0.25, 0.3) is 11.2 Å². The van der Waals surface area contributed by atoms with Gasteiger partial charge in [0.15, 0.2) is 11.3 Å². The minimum absolute atomic E-state index is 0.148. The first kappa shape index (κ1) is 21.7. The Morgan fingerprint density at radius 1 is 1.14 bits per heavy atom. The van der Waals surface area contributed by atoms with Crippen LogP contribution in [0.5, 0.6) is 6.01 Å². The average molecular weight is 393 g/mol. The lowest BCUT2D eigenvalue weighted by Gasteiger charge is -2.34. The Morgan fingerprint density at radius 3 is 2.43 bits per heavy atom. The number of ether oxygens (including phenoxy) is 1. The second-order valence-electron chi connectivity index (χ2n) is 7.75. The van der Waals surface area contributed by atoms with Crippen molar-refractivity contribution in [3.63, 3.8) is 0 Å². The molecule has 0 saturated heterocycles. The highest BCUT2D eigenvalue weighted by atomic mass is 16.7. The van der Waals surface area contributed by atoms with Crippen LogP contribution in [-0.2, 0) is 0 Å². The summed E-state index contributed by atoms with van der Waals surface area (Å²) in [6.07, 6.45) is 3.28. The lowest BCUT2D eigenvalue weighted by Crippen LogP contribution is -2.49. The first-order chi connectivity index (χ1) is 13.2. The van der Waals surface area contributed by atoms with E-state index in [2.05, 4.69) is 28.8 Å². The van der Waals surface area contributed by atoms with Gasteiger partial charge in [-0.25, -0.2) is 9.78 Å². The summed E-state index contributed by atoms with van der Waals surface area (Å²) in [6.45, 7) is 12.9. The van der Waals surface area contributed by atoms with Crippen LogP contribution >= 0.6 is 0 Å². The van der Waals surface area contributed by atoms with Gasteiger partial charge in [0.05, 0.1) is 6.61 Å². The molecule has 0 atom stereocenters. The number of aryl methyl sites for hydroxylation is 1. The van der Waals surface area contributed by atoms with E-state index in [1.165, 1.54) is 4.73 Å². The van der Waals surface area contributed by atoms with Gasteiger partial charge in [-0.2, -0.15) is 9.97 Å². The third-order valence-electron chi connectivity index (χ3n) is 4.30. The maximum atomic E-state index is 12.9. The van der Waals surface area contributed by atoms with Crippen molar-refractivity contribution in [1.82, 2.24) is 24.6 Å². The number of fused-ring (bicyclic) bond motifs is 1. The molecule has 156 valence electrons. The molecule has 2 aromatic rings. The summed E-state index contributed by atoms with van der Waals surface area (Å²) in [5, 5.41) is 0. The Balaban J connectivity index is 2.34. The van der Waals surface area contributed by atoms with E-state index in [0.29, 0.717) is 30.1 Å². The number of anilines is 1. The number of hydrogen-bond acceptors (Lipinski definition) is 7. The fourth-order valence-corrected chi connectivity index (χ4v) is 2.67. The molecule has 9 nitrogen and oxygen atoms in total. The molecule has 0 aliphatic rings.